The number of sulfonamides is 1. The van der Waals surface area contributed by atoms with Crippen LogP contribution in [0, 0.1) is 17.0 Å². The normalized spacial score (nSPS) is 11.4. The number of thiophene rings is 1. The Labute approximate surface area is 138 Å². The number of benzene rings is 1. The number of nitro groups is 1. The summed E-state index contributed by atoms with van der Waals surface area (Å²) in [4.78, 5) is 10.00. The van der Waals surface area contributed by atoms with Gasteiger partial charge in [0.1, 0.15) is 4.21 Å². The molecule has 0 fully saturated rings. The molecule has 0 atom stereocenters. The smallest absolute Gasteiger partial charge is 0.279 e. The minimum absolute atomic E-state index is 0.173. The number of nitrogens with zero attached hydrogens (tertiary/aromatic N) is 1. The van der Waals surface area contributed by atoms with Gasteiger partial charge in [-0.3, -0.25) is 14.8 Å². The first-order valence-electron chi connectivity index (χ1n) is 5.43. The standard InChI is InChI=1S/C11H8BrClN2O4S2/c1-6-4-7(12)2-3-8(6)14-21(18,19)10-5-9(15(16)17)11(13)20-10/h2-5,14H,1H3. The largest absolute Gasteiger partial charge is 0.300 e. The Hall–Kier alpha value is -1.16. The molecular formula is C11H8BrClN2O4S2. The molecule has 0 aliphatic carbocycles. The van der Waals surface area contributed by atoms with E-state index in [1.54, 1.807) is 25.1 Å². The third-order valence-electron chi connectivity index (χ3n) is 2.54. The molecule has 0 saturated heterocycles. The Morgan fingerprint density at radius 3 is 2.57 bits per heavy atom. The summed E-state index contributed by atoms with van der Waals surface area (Å²) in [7, 11) is -3.92. The van der Waals surface area contributed by atoms with Gasteiger partial charge < -0.3 is 0 Å². The van der Waals surface area contributed by atoms with Gasteiger partial charge in [0.25, 0.3) is 15.7 Å². The van der Waals surface area contributed by atoms with Crippen LogP contribution < -0.4 is 4.72 Å². The zero-order chi connectivity index (χ0) is 15.8. The molecule has 2 rings (SSSR count). The summed E-state index contributed by atoms with van der Waals surface area (Å²) in [5.41, 5.74) is 0.685. The highest BCUT2D eigenvalue weighted by molar-refractivity contribution is 9.10. The lowest BCUT2D eigenvalue weighted by atomic mass is 10.2. The molecule has 1 aromatic carbocycles. The van der Waals surface area contributed by atoms with Crippen molar-refractivity contribution in [2.75, 3.05) is 4.72 Å². The van der Waals surface area contributed by atoms with E-state index in [9.17, 15) is 18.5 Å². The lowest BCUT2D eigenvalue weighted by molar-refractivity contribution is -0.384. The van der Waals surface area contributed by atoms with Crippen molar-refractivity contribution in [1.29, 1.82) is 0 Å². The number of hydrogen-bond donors (Lipinski definition) is 1. The van der Waals surface area contributed by atoms with E-state index in [0.29, 0.717) is 22.6 Å². The topological polar surface area (TPSA) is 89.3 Å². The summed E-state index contributed by atoms with van der Waals surface area (Å²) in [5.74, 6) is 0. The first kappa shape index (κ1) is 16.2. The van der Waals surface area contributed by atoms with E-state index in [4.69, 9.17) is 11.6 Å². The molecule has 6 nitrogen and oxygen atoms in total. The fourth-order valence-corrected chi connectivity index (χ4v) is 4.80. The van der Waals surface area contributed by atoms with Crippen molar-refractivity contribution < 1.29 is 13.3 Å². The minimum atomic E-state index is -3.92. The van der Waals surface area contributed by atoms with Crippen LogP contribution in [0.25, 0.3) is 0 Å². The molecule has 21 heavy (non-hydrogen) atoms. The maximum atomic E-state index is 12.2. The Kier molecular flexibility index (Phi) is 4.57. The first-order chi connectivity index (χ1) is 9.70. The number of anilines is 1. The quantitative estimate of drug-likeness (QED) is 0.603. The number of hydrogen-bond acceptors (Lipinski definition) is 5. The fraction of sp³-hybridized carbons (Fsp3) is 0.0909. The second-order valence-corrected chi connectivity index (χ2v) is 8.53. The molecule has 2 aromatic rings. The van der Waals surface area contributed by atoms with Crippen LogP contribution in [0.1, 0.15) is 5.56 Å². The van der Waals surface area contributed by atoms with Gasteiger partial charge in [0.15, 0.2) is 4.34 Å². The van der Waals surface area contributed by atoms with Crippen molar-refractivity contribution >= 4 is 60.3 Å². The van der Waals surface area contributed by atoms with Gasteiger partial charge in [-0.05, 0) is 30.7 Å². The average molecular weight is 412 g/mol. The third-order valence-corrected chi connectivity index (χ3v) is 6.21. The fourth-order valence-electron chi connectivity index (χ4n) is 1.53. The maximum Gasteiger partial charge on any atom is 0.300 e. The van der Waals surface area contributed by atoms with E-state index in [1.165, 1.54) is 0 Å². The molecule has 1 heterocycles. The highest BCUT2D eigenvalue weighted by Crippen LogP contribution is 2.37. The van der Waals surface area contributed by atoms with Gasteiger partial charge in [0.05, 0.1) is 10.6 Å². The second kappa shape index (κ2) is 5.91. The Morgan fingerprint density at radius 1 is 1.38 bits per heavy atom. The van der Waals surface area contributed by atoms with E-state index in [1.807, 2.05) is 0 Å². The van der Waals surface area contributed by atoms with Crippen LogP contribution in [0.2, 0.25) is 4.34 Å². The molecule has 1 aromatic heterocycles. The van der Waals surface area contributed by atoms with E-state index < -0.39 is 20.6 Å². The summed E-state index contributed by atoms with van der Waals surface area (Å²) in [5, 5.41) is 10.7. The number of halogens is 2. The minimum Gasteiger partial charge on any atom is -0.279 e. The number of rotatable bonds is 4. The summed E-state index contributed by atoms with van der Waals surface area (Å²) in [6.45, 7) is 1.74. The highest BCUT2D eigenvalue weighted by atomic mass is 79.9. The van der Waals surface area contributed by atoms with Gasteiger partial charge >= 0.3 is 0 Å². The zero-order valence-electron chi connectivity index (χ0n) is 10.5. The molecular weight excluding hydrogens is 404 g/mol. The van der Waals surface area contributed by atoms with E-state index in [2.05, 4.69) is 20.7 Å². The SMILES string of the molecule is Cc1cc(Br)ccc1NS(=O)(=O)c1cc([N+](=O)[O-])c(Cl)s1. The van der Waals surface area contributed by atoms with E-state index in [-0.39, 0.29) is 8.55 Å². The molecule has 0 unspecified atom stereocenters. The van der Waals surface area contributed by atoms with Crippen LogP contribution in [0.3, 0.4) is 0 Å². The molecule has 10 heteroatoms. The second-order valence-electron chi connectivity index (χ2n) is 4.05. The molecule has 1 N–H and O–H groups in total. The van der Waals surface area contributed by atoms with Crippen molar-refractivity contribution in [3.05, 3.63) is 48.8 Å². The Balaban J connectivity index is 2.38. The van der Waals surface area contributed by atoms with E-state index >= 15 is 0 Å². The van der Waals surface area contributed by atoms with Crippen LogP contribution in [0.4, 0.5) is 11.4 Å². The van der Waals surface area contributed by atoms with Crippen molar-refractivity contribution in [2.45, 2.75) is 11.1 Å². The molecule has 112 valence electrons. The van der Waals surface area contributed by atoms with Crippen LogP contribution in [-0.4, -0.2) is 13.3 Å². The third kappa shape index (κ3) is 3.54. The summed E-state index contributed by atoms with van der Waals surface area (Å²) >= 11 is 9.60. The molecule has 0 bridgehead atoms. The van der Waals surface area contributed by atoms with Crippen LogP contribution in [0.15, 0.2) is 32.9 Å². The summed E-state index contributed by atoms with van der Waals surface area (Å²) < 4.78 is 27.3. The van der Waals surface area contributed by atoms with E-state index in [0.717, 1.165) is 10.5 Å². The zero-order valence-corrected chi connectivity index (χ0v) is 14.4. The first-order valence-corrected chi connectivity index (χ1v) is 8.90. The van der Waals surface area contributed by atoms with Gasteiger partial charge in [-0.2, -0.15) is 0 Å². The van der Waals surface area contributed by atoms with Crippen LogP contribution in [-0.2, 0) is 10.0 Å². The molecule has 0 amide bonds. The monoisotopic (exact) mass is 410 g/mol. The predicted molar refractivity (Wildman–Crippen MR) is 85.7 cm³/mol. The van der Waals surface area contributed by atoms with Crippen molar-refractivity contribution in [1.82, 2.24) is 0 Å². The maximum absolute atomic E-state index is 12.2. The molecule has 0 aliphatic rings. The van der Waals surface area contributed by atoms with Crippen molar-refractivity contribution in [3.63, 3.8) is 0 Å². The number of nitrogens with one attached hydrogen (secondary N) is 1. The predicted octanol–water partition coefficient (Wildman–Crippen LogP) is 4.18. The van der Waals surface area contributed by atoms with Crippen LogP contribution >= 0.6 is 38.9 Å². The van der Waals surface area contributed by atoms with Gasteiger partial charge in [0, 0.05) is 10.5 Å². The average Bonchev–Trinajstić information content (AvgIpc) is 2.76. The van der Waals surface area contributed by atoms with Crippen molar-refractivity contribution in [2.24, 2.45) is 0 Å². The Bertz CT molecular complexity index is 820. The molecule has 0 saturated carbocycles. The Morgan fingerprint density at radius 2 is 2.05 bits per heavy atom. The lowest BCUT2D eigenvalue weighted by Crippen LogP contribution is -2.12. The van der Waals surface area contributed by atoms with Gasteiger partial charge in [0.2, 0.25) is 0 Å². The van der Waals surface area contributed by atoms with Gasteiger partial charge in [-0.15, -0.1) is 11.3 Å². The van der Waals surface area contributed by atoms with Crippen molar-refractivity contribution in [3.8, 4) is 0 Å². The molecule has 0 radical (unpaired) electrons. The molecule has 0 spiro atoms. The van der Waals surface area contributed by atoms with Gasteiger partial charge in [-0.1, -0.05) is 27.5 Å². The summed E-state index contributed by atoms with van der Waals surface area (Å²) in [6.07, 6.45) is 0. The van der Waals surface area contributed by atoms with Gasteiger partial charge in [-0.25, -0.2) is 8.42 Å². The van der Waals surface area contributed by atoms with Crippen LogP contribution in [0.5, 0.6) is 0 Å². The number of aryl methyl sites for hydroxylation is 1. The lowest BCUT2D eigenvalue weighted by Gasteiger charge is -2.09. The highest BCUT2D eigenvalue weighted by Gasteiger charge is 2.25. The summed E-state index contributed by atoms with van der Waals surface area (Å²) in [6, 6.07) is 5.99. The molecule has 0 aliphatic heterocycles.